The number of nitriles is 1. The predicted molar refractivity (Wildman–Crippen MR) is 89.0 cm³/mol. The fourth-order valence-corrected chi connectivity index (χ4v) is 2.92. The summed E-state index contributed by atoms with van der Waals surface area (Å²) in [5.74, 6) is 0.312. The molecular formula is C17H19N5. The number of piperazine rings is 1. The number of hydrogen-bond acceptors (Lipinski definition) is 5. The van der Waals surface area contributed by atoms with Crippen LogP contribution in [0, 0.1) is 18.3 Å². The van der Waals surface area contributed by atoms with Gasteiger partial charge in [-0.1, -0.05) is 18.2 Å². The Bertz CT molecular complexity index is 697. The maximum absolute atomic E-state index is 9.22. The predicted octanol–water partition coefficient (Wildman–Crippen LogP) is 2.17. The Morgan fingerprint density at radius 3 is 2.36 bits per heavy atom. The Balaban J connectivity index is 1.76. The molecule has 1 saturated heterocycles. The average molecular weight is 293 g/mol. The molecule has 112 valence electrons. The van der Waals surface area contributed by atoms with Gasteiger partial charge in [0.2, 0.25) is 0 Å². The van der Waals surface area contributed by atoms with Crippen molar-refractivity contribution in [3.8, 4) is 6.07 Å². The molecule has 0 spiro atoms. The SMILES string of the molecule is Cc1c(N2CCN(c3ccccc3)CC2)cnc(N)c1C#N. The Labute approximate surface area is 130 Å². The van der Waals surface area contributed by atoms with Crippen LogP contribution in [0.3, 0.4) is 0 Å². The summed E-state index contributed by atoms with van der Waals surface area (Å²) in [5.41, 5.74) is 9.45. The number of pyridine rings is 1. The zero-order chi connectivity index (χ0) is 15.5. The molecule has 2 aromatic rings. The molecule has 0 unspecified atom stereocenters. The van der Waals surface area contributed by atoms with Crippen LogP contribution in [0.25, 0.3) is 0 Å². The molecule has 0 amide bonds. The minimum absolute atomic E-state index is 0.312. The number of nitrogens with zero attached hydrogens (tertiary/aromatic N) is 4. The van der Waals surface area contributed by atoms with E-state index in [1.807, 2.05) is 13.0 Å². The molecule has 22 heavy (non-hydrogen) atoms. The van der Waals surface area contributed by atoms with Crippen LogP contribution in [0.1, 0.15) is 11.1 Å². The number of nitrogens with two attached hydrogens (primary N) is 1. The normalized spacial score (nSPS) is 14.7. The first-order valence-electron chi connectivity index (χ1n) is 7.41. The summed E-state index contributed by atoms with van der Waals surface area (Å²) in [6.45, 7) is 5.67. The summed E-state index contributed by atoms with van der Waals surface area (Å²) in [6.07, 6.45) is 1.78. The van der Waals surface area contributed by atoms with E-state index in [0.717, 1.165) is 37.4 Å². The minimum atomic E-state index is 0.312. The smallest absolute Gasteiger partial charge is 0.141 e. The number of nitrogen functional groups attached to an aromatic ring is 1. The van der Waals surface area contributed by atoms with E-state index in [2.05, 4.69) is 45.1 Å². The van der Waals surface area contributed by atoms with Crippen LogP contribution < -0.4 is 15.5 Å². The van der Waals surface area contributed by atoms with Gasteiger partial charge < -0.3 is 15.5 Å². The highest BCUT2D eigenvalue weighted by Crippen LogP contribution is 2.26. The van der Waals surface area contributed by atoms with E-state index >= 15 is 0 Å². The topological polar surface area (TPSA) is 69.2 Å². The van der Waals surface area contributed by atoms with Crippen molar-refractivity contribution in [2.24, 2.45) is 0 Å². The second kappa shape index (κ2) is 5.94. The van der Waals surface area contributed by atoms with Crippen LogP contribution in [-0.4, -0.2) is 31.2 Å². The number of para-hydroxylation sites is 1. The molecular weight excluding hydrogens is 274 g/mol. The summed E-state index contributed by atoms with van der Waals surface area (Å²) < 4.78 is 0. The van der Waals surface area contributed by atoms with Crippen molar-refractivity contribution in [1.29, 1.82) is 5.26 Å². The van der Waals surface area contributed by atoms with Crippen molar-refractivity contribution >= 4 is 17.2 Å². The molecule has 5 heteroatoms. The summed E-state index contributed by atoms with van der Waals surface area (Å²) in [7, 11) is 0. The summed E-state index contributed by atoms with van der Waals surface area (Å²) in [4.78, 5) is 8.82. The van der Waals surface area contributed by atoms with E-state index in [-0.39, 0.29) is 0 Å². The lowest BCUT2D eigenvalue weighted by molar-refractivity contribution is 0.651. The fourth-order valence-electron chi connectivity index (χ4n) is 2.92. The second-order valence-corrected chi connectivity index (χ2v) is 5.45. The molecule has 1 aromatic heterocycles. The maximum atomic E-state index is 9.22. The van der Waals surface area contributed by atoms with Gasteiger partial charge in [-0.25, -0.2) is 4.98 Å². The summed E-state index contributed by atoms with van der Waals surface area (Å²) in [6, 6.07) is 12.6. The highest BCUT2D eigenvalue weighted by atomic mass is 15.3. The van der Waals surface area contributed by atoms with Crippen molar-refractivity contribution in [1.82, 2.24) is 4.98 Å². The van der Waals surface area contributed by atoms with Crippen molar-refractivity contribution < 1.29 is 0 Å². The van der Waals surface area contributed by atoms with Gasteiger partial charge >= 0.3 is 0 Å². The number of aromatic nitrogens is 1. The Morgan fingerprint density at radius 2 is 1.73 bits per heavy atom. The third kappa shape index (κ3) is 2.56. The highest BCUT2D eigenvalue weighted by molar-refractivity contribution is 5.65. The molecule has 1 aliphatic heterocycles. The maximum Gasteiger partial charge on any atom is 0.141 e. The number of hydrogen-bond donors (Lipinski definition) is 1. The van der Waals surface area contributed by atoms with E-state index in [0.29, 0.717) is 11.4 Å². The van der Waals surface area contributed by atoms with Crippen LogP contribution in [-0.2, 0) is 0 Å². The number of benzene rings is 1. The van der Waals surface area contributed by atoms with E-state index in [1.54, 1.807) is 6.20 Å². The zero-order valence-corrected chi connectivity index (χ0v) is 12.7. The first-order chi connectivity index (χ1) is 10.7. The standard InChI is InChI=1S/C17H19N5/c1-13-15(11-18)17(19)20-12-16(13)22-9-7-21(8-10-22)14-5-3-2-4-6-14/h2-6,12H,7-10H2,1H3,(H2,19,20). The molecule has 2 N–H and O–H groups in total. The van der Waals surface area contributed by atoms with E-state index in [1.165, 1.54) is 5.69 Å². The van der Waals surface area contributed by atoms with Crippen molar-refractivity contribution in [3.63, 3.8) is 0 Å². The fraction of sp³-hybridized carbons (Fsp3) is 0.294. The molecule has 1 aromatic carbocycles. The molecule has 3 rings (SSSR count). The van der Waals surface area contributed by atoms with E-state index < -0.39 is 0 Å². The van der Waals surface area contributed by atoms with Crippen LogP contribution in [0.5, 0.6) is 0 Å². The number of anilines is 3. The molecule has 1 aliphatic rings. The molecule has 0 aliphatic carbocycles. The van der Waals surface area contributed by atoms with Gasteiger partial charge in [-0.2, -0.15) is 5.26 Å². The summed E-state index contributed by atoms with van der Waals surface area (Å²) in [5, 5.41) is 9.22. The van der Waals surface area contributed by atoms with Crippen LogP contribution >= 0.6 is 0 Å². The highest BCUT2D eigenvalue weighted by Gasteiger charge is 2.20. The second-order valence-electron chi connectivity index (χ2n) is 5.45. The van der Waals surface area contributed by atoms with Gasteiger partial charge in [0.05, 0.1) is 17.4 Å². The molecule has 2 heterocycles. The first-order valence-corrected chi connectivity index (χ1v) is 7.41. The molecule has 0 atom stereocenters. The van der Waals surface area contributed by atoms with Gasteiger partial charge in [0.1, 0.15) is 11.9 Å². The lowest BCUT2D eigenvalue weighted by atomic mass is 10.1. The Kier molecular flexibility index (Phi) is 3.84. The van der Waals surface area contributed by atoms with Gasteiger partial charge in [-0.3, -0.25) is 0 Å². The van der Waals surface area contributed by atoms with Gasteiger partial charge in [0.15, 0.2) is 0 Å². The molecule has 1 fully saturated rings. The molecule has 0 bridgehead atoms. The first kappa shape index (κ1) is 14.2. The van der Waals surface area contributed by atoms with Crippen molar-refractivity contribution in [3.05, 3.63) is 47.7 Å². The Hall–Kier alpha value is -2.74. The van der Waals surface area contributed by atoms with Crippen molar-refractivity contribution in [2.45, 2.75) is 6.92 Å². The van der Waals surface area contributed by atoms with Gasteiger partial charge in [-0.15, -0.1) is 0 Å². The zero-order valence-electron chi connectivity index (χ0n) is 12.7. The van der Waals surface area contributed by atoms with E-state index in [4.69, 9.17) is 5.73 Å². The lowest BCUT2D eigenvalue weighted by Crippen LogP contribution is -2.46. The third-order valence-corrected chi connectivity index (χ3v) is 4.19. The lowest BCUT2D eigenvalue weighted by Gasteiger charge is -2.38. The Morgan fingerprint density at radius 1 is 1.09 bits per heavy atom. The third-order valence-electron chi connectivity index (χ3n) is 4.19. The van der Waals surface area contributed by atoms with Crippen LogP contribution in [0.2, 0.25) is 0 Å². The molecule has 5 nitrogen and oxygen atoms in total. The minimum Gasteiger partial charge on any atom is -0.383 e. The summed E-state index contributed by atoms with van der Waals surface area (Å²) >= 11 is 0. The van der Waals surface area contributed by atoms with Gasteiger partial charge in [-0.05, 0) is 24.6 Å². The van der Waals surface area contributed by atoms with Crippen LogP contribution in [0.4, 0.5) is 17.2 Å². The largest absolute Gasteiger partial charge is 0.383 e. The van der Waals surface area contributed by atoms with Crippen molar-refractivity contribution in [2.75, 3.05) is 41.7 Å². The van der Waals surface area contributed by atoms with E-state index in [9.17, 15) is 5.26 Å². The number of rotatable bonds is 2. The molecule has 0 radical (unpaired) electrons. The van der Waals surface area contributed by atoms with Crippen LogP contribution in [0.15, 0.2) is 36.5 Å². The van der Waals surface area contributed by atoms with Gasteiger partial charge in [0.25, 0.3) is 0 Å². The monoisotopic (exact) mass is 293 g/mol. The average Bonchev–Trinajstić information content (AvgIpc) is 2.56. The van der Waals surface area contributed by atoms with Gasteiger partial charge in [0, 0.05) is 31.9 Å². The molecule has 0 saturated carbocycles. The quantitative estimate of drug-likeness (QED) is 0.919.